The molecule has 3 aliphatic rings. The van der Waals surface area contributed by atoms with Gasteiger partial charge in [-0.15, -0.1) is 5.10 Å². The lowest BCUT2D eigenvalue weighted by molar-refractivity contribution is -0.146. The van der Waals surface area contributed by atoms with E-state index in [4.69, 9.17) is 9.47 Å². The number of fused-ring (bicyclic) bond motifs is 2. The number of benzene rings is 3. The predicted molar refractivity (Wildman–Crippen MR) is 187 cm³/mol. The molecule has 3 aromatic carbocycles. The van der Waals surface area contributed by atoms with Crippen LogP contribution in [0.25, 0.3) is 0 Å². The van der Waals surface area contributed by atoms with Crippen LogP contribution in [0, 0.1) is 11.8 Å². The lowest BCUT2D eigenvalue weighted by atomic mass is 9.80. The molecule has 3 heterocycles. The van der Waals surface area contributed by atoms with Crippen molar-refractivity contribution in [3.05, 3.63) is 99.6 Å². The van der Waals surface area contributed by atoms with Crippen LogP contribution in [0.3, 0.4) is 0 Å². The lowest BCUT2D eigenvalue weighted by Gasteiger charge is -2.35. The van der Waals surface area contributed by atoms with Crippen LogP contribution >= 0.6 is 0 Å². The SMILES string of the molecule is Cn1nnc(N(Cc2cc(C(F)(F)F)cc(C(F)(F)F)c2)[C@H]2CCCN(CC3CCC(CC(=O)OCc4ccccc4)CC3)c3cc4c(cc32)COC4)n1. The minimum atomic E-state index is -4.98. The minimum absolute atomic E-state index is 0.102. The van der Waals surface area contributed by atoms with E-state index < -0.39 is 29.5 Å². The highest BCUT2D eigenvalue weighted by atomic mass is 19.4. The summed E-state index contributed by atoms with van der Waals surface area (Å²) in [4.78, 5) is 17.9. The Labute approximate surface area is 309 Å². The van der Waals surface area contributed by atoms with Crippen LogP contribution in [0.5, 0.6) is 0 Å². The fraction of sp³-hybridized carbons (Fsp3) is 0.487. The molecule has 0 bridgehead atoms. The average molecular weight is 757 g/mol. The maximum atomic E-state index is 13.9. The van der Waals surface area contributed by atoms with Gasteiger partial charge in [-0.3, -0.25) is 4.79 Å². The summed E-state index contributed by atoms with van der Waals surface area (Å²) in [5, 5.41) is 12.5. The fourth-order valence-corrected chi connectivity index (χ4v) is 8.02. The quantitative estimate of drug-likeness (QED) is 0.118. The molecule has 1 aromatic heterocycles. The normalized spacial score (nSPS) is 20.3. The first-order chi connectivity index (χ1) is 25.8. The first-order valence-electron chi connectivity index (χ1n) is 18.3. The second-order valence-electron chi connectivity index (χ2n) is 14.6. The number of carbonyl (C=O) groups is 1. The summed E-state index contributed by atoms with van der Waals surface area (Å²) in [5.74, 6) is 0.546. The molecule has 1 aliphatic carbocycles. The molecule has 4 aromatic rings. The molecule has 0 unspecified atom stereocenters. The number of tetrazole rings is 1. The van der Waals surface area contributed by atoms with Crippen molar-refractivity contribution in [1.82, 2.24) is 20.2 Å². The lowest BCUT2D eigenvalue weighted by Crippen LogP contribution is -2.33. The summed E-state index contributed by atoms with van der Waals surface area (Å²) < 4.78 is 94.6. The summed E-state index contributed by atoms with van der Waals surface area (Å²) in [6.07, 6.45) is -4.59. The van der Waals surface area contributed by atoms with Crippen molar-refractivity contribution in [2.75, 3.05) is 22.9 Å². The Kier molecular flexibility index (Phi) is 10.9. The van der Waals surface area contributed by atoms with Crippen molar-refractivity contribution < 1.29 is 40.6 Å². The van der Waals surface area contributed by atoms with E-state index in [0.29, 0.717) is 44.9 Å². The minimum Gasteiger partial charge on any atom is -0.461 e. The van der Waals surface area contributed by atoms with Crippen molar-refractivity contribution in [2.45, 2.75) is 89.7 Å². The molecule has 288 valence electrons. The number of ether oxygens (including phenoxy) is 2. The smallest absolute Gasteiger partial charge is 0.416 e. The van der Waals surface area contributed by atoms with Gasteiger partial charge in [-0.1, -0.05) is 35.4 Å². The number of aromatic nitrogens is 4. The Morgan fingerprint density at radius 2 is 1.54 bits per heavy atom. The predicted octanol–water partition coefficient (Wildman–Crippen LogP) is 8.57. The van der Waals surface area contributed by atoms with Gasteiger partial charge in [0.25, 0.3) is 5.95 Å². The van der Waals surface area contributed by atoms with Gasteiger partial charge >= 0.3 is 18.3 Å². The molecule has 0 radical (unpaired) electrons. The van der Waals surface area contributed by atoms with Gasteiger partial charge in [-0.05, 0) is 114 Å². The number of halogens is 6. The summed E-state index contributed by atoms with van der Waals surface area (Å²) in [7, 11) is 1.55. The van der Waals surface area contributed by atoms with Gasteiger partial charge in [-0.2, -0.15) is 31.1 Å². The number of esters is 1. The molecule has 1 atom stereocenters. The zero-order chi connectivity index (χ0) is 38.0. The Bertz CT molecular complexity index is 1890. The number of aryl methyl sites for hydroxylation is 1. The summed E-state index contributed by atoms with van der Waals surface area (Å²) in [6, 6.07) is 15.0. The van der Waals surface area contributed by atoms with E-state index in [9.17, 15) is 31.1 Å². The van der Waals surface area contributed by atoms with Gasteiger partial charge in [0.1, 0.15) is 6.61 Å². The molecule has 7 rings (SSSR count). The molecule has 0 saturated heterocycles. The molecule has 1 saturated carbocycles. The largest absolute Gasteiger partial charge is 0.461 e. The number of carbonyl (C=O) groups excluding carboxylic acids is 1. The second kappa shape index (κ2) is 15.6. The third-order valence-corrected chi connectivity index (χ3v) is 10.7. The van der Waals surface area contributed by atoms with Crippen LogP contribution < -0.4 is 9.80 Å². The van der Waals surface area contributed by atoms with E-state index in [1.54, 1.807) is 11.9 Å². The van der Waals surface area contributed by atoms with Gasteiger partial charge in [0.15, 0.2) is 0 Å². The molecule has 0 amide bonds. The first-order valence-corrected chi connectivity index (χ1v) is 18.3. The van der Waals surface area contributed by atoms with E-state index in [2.05, 4.69) is 32.4 Å². The van der Waals surface area contributed by atoms with Gasteiger partial charge in [-0.25, -0.2) is 0 Å². The molecule has 54 heavy (non-hydrogen) atoms. The van der Waals surface area contributed by atoms with Crippen molar-refractivity contribution in [2.24, 2.45) is 18.9 Å². The molecule has 15 heteroatoms. The van der Waals surface area contributed by atoms with Crippen LogP contribution in [-0.4, -0.2) is 39.3 Å². The fourth-order valence-electron chi connectivity index (χ4n) is 8.02. The second-order valence-corrected chi connectivity index (χ2v) is 14.6. The Morgan fingerprint density at radius 1 is 0.870 bits per heavy atom. The summed E-state index contributed by atoms with van der Waals surface area (Å²) >= 11 is 0. The maximum absolute atomic E-state index is 13.9. The first kappa shape index (κ1) is 37.6. The van der Waals surface area contributed by atoms with E-state index in [1.807, 2.05) is 30.3 Å². The van der Waals surface area contributed by atoms with E-state index in [-0.39, 0.29) is 42.6 Å². The number of alkyl halides is 6. The number of nitrogens with zero attached hydrogens (tertiary/aromatic N) is 6. The van der Waals surface area contributed by atoms with Crippen molar-refractivity contribution in [3.8, 4) is 0 Å². The highest BCUT2D eigenvalue weighted by molar-refractivity contribution is 5.69. The van der Waals surface area contributed by atoms with E-state index >= 15 is 0 Å². The monoisotopic (exact) mass is 756 g/mol. The van der Waals surface area contributed by atoms with Crippen LogP contribution in [0.1, 0.15) is 89.9 Å². The van der Waals surface area contributed by atoms with Gasteiger partial charge in [0.05, 0.1) is 37.4 Å². The third kappa shape index (κ3) is 8.82. The van der Waals surface area contributed by atoms with E-state index in [1.165, 1.54) is 4.80 Å². The number of rotatable bonds is 10. The highest BCUT2D eigenvalue weighted by Crippen LogP contribution is 2.44. The zero-order valence-corrected chi connectivity index (χ0v) is 29.9. The summed E-state index contributed by atoms with van der Waals surface area (Å²) in [6.45, 7) is 2.28. The van der Waals surface area contributed by atoms with Crippen LogP contribution in [-0.2, 0) is 60.0 Å². The Morgan fingerprint density at radius 3 is 2.19 bits per heavy atom. The zero-order valence-electron chi connectivity index (χ0n) is 29.9. The number of anilines is 2. The van der Waals surface area contributed by atoms with Crippen molar-refractivity contribution >= 4 is 17.6 Å². The van der Waals surface area contributed by atoms with Gasteiger partial charge < -0.3 is 19.3 Å². The number of hydrogen-bond acceptors (Lipinski definition) is 8. The topological polar surface area (TPSA) is 85.6 Å². The third-order valence-electron chi connectivity index (χ3n) is 10.7. The number of hydrogen-bond donors (Lipinski definition) is 0. The van der Waals surface area contributed by atoms with Crippen LogP contribution in [0.15, 0.2) is 60.7 Å². The van der Waals surface area contributed by atoms with Crippen molar-refractivity contribution in [1.29, 1.82) is 0 Å². The van der Waals surface area contributed by atoms with Crippen LogP contribution in [0.4, 0.5) is 38.0 Å². The Hall–Kier alpha value is -4.66. The summed E-state index contributed by atoms with van der Waals surface area (Å²) in [5.41, 5.74) is 1.93. The molecule has 9 nitrogen and oxygen atoms in total. The molecule has 1 fully saturated rings. The molecular weight excluding hydrogens is 714 g/mol. The maximum Gasteiger partial charge on any atom is 0.416 e. The van der Waals surface area contributed by atoms with Crippen LogP contribution in [0.2, 0.25) is 0 Å². The molecular formula is C39H42F6N6O3. The standard InChI is InChI=1S/C39H42F6N6O3/c1-49-47-37(46-48-49)51(21-28-14-31(38(40,41)42)19-32(15-28)39(43,44)45)34-8-5-13-50(35-18-30-24-53-23-29(30)17-33(34)35)20-26-11-9-25(10-12-26)16-36(52)54-22-27-6-3-2-4-7-27/h2-4,6-7,14-15,17-19,25-26,34H,5,8-13,16,20-24H2,1H3/t25?,26?,34-/m0/s1. The Balaban J connectivity index is 1.12. The molecule has 2 aliphatic heterocycles. The van der Waals surface area contributed by atoms with Gasteiger partial charge in [0.2, 0.25) is 0 Å². The van der Waals surface area contributed by atoms with Crippen molar-refractivity contribution in [3.63, 3.8) is 0 Å². The molecule has 0 spiro atoms. The van der Waals surface area contributed by atoms with Gasteiger partial charge in [0, 0.05) is 31.7 Å². The van der Waals surface area contributed by atoms with E-state index in [0.717, 1.165) is 72.3 Å². The average Bonchev–Trinajstić information content (AvgIpc) is 3.75. The molecule has 0 N–H and O–H groups in total. The highest BCUT2D eigenvalue weighted by Gasteiger charge is 2.38.